The first-order chi connectivity index (χ1) is 14.5. The first-order valence-electron chi connectivity index (χ1n) is 9.09. The molecule has 30 heavy (non-hydrogen) atoms. The lowest BCUT2D eigenvalue weighted by atomic mass is 10.1. The molecule has 0 atom stereocenters. The quantitative estimate of drug-likeness (QED) is 0.482. The molecule has 8 nitrogen and oxygen atoms in total. The summed E-state index contributed by atoms with van der Waals surface area (Å²) in [6.45, 7) is 1.83. The predicted molar refractivity (Wildman–Crippen MR) is 113 cm³/mol. The molecule has 0 fully saturated rings. The first-order valence-corrected chi connectivity index (χ1v) is 9.97. The zero-order valence-corrected chi connectivity index (χ0v) is 17.7. The van der Waals surface area contributed by atoms with Gasteiger partial charge in [-0.3, -0.25) is 9.78 Å². The molecule has 9 heteroatoms. The zero-order valence-electron chi connectivity index (χ0n) is 16.9. The topological polar surface area (TPSA) is 94.2 Å². The number of nitrogens with zero attached hydrogens (tertiary/aromatic N) is 5. The van der Waals surface area contributed by atoms with Crippen molar-refractivity contribution in [3.05, 3.63) is 53.2 Å². The Balaban J connectivity index is 1.67. The van der Waals surface area contributed by atoms with Crippen LogP contribution in [0, 0.1) is 6.92 Å². The molecule has 0 bridgehead atoms. The van der Waals surface area contributed by atoms with Gasteiger partial charge in [0.2, 0.25) is 0 Å². The van der Waals surface area contributed by atoms with E-state index < -0.39 is 0 Å². The molecule has 1 aromatic carbocycles. The van der Waals surface area contributed by atoms with Crippen LogP contribution in [0.5, 0.6) is 5.75 Å². The molecule has 4 aromatic rings. The highest BCUT2D eigenvalue weighted by Gasteiger charge is 2.19. The van der Waals surface area contributed by atoms with Crippen molar-refractivity contribution in [2.45, 2.75) is 6.92 Å². The second-order valence-corrected chi connectivity index (χ2v) is 7.61. The number of thiophene rings is 1. The maximum atomic E-state index is 12.1. The maximum Gasteiger partial charge on any atom is 0.268 e. The van der Waals surface area contributed by atoms with Gasteiger partial charge in [0.1, 0.15) is 16.3 Å². The fourth-order valence-electron chi connectivity index (χ4n) is 2.86. The van der Waals surface area contributed by atoms with Crippen LogP contribution < -0.4 is 4.74 Å². The third-order valence-electron chi connectivity index (χ3n) is 4.46. The lowest BCUT2D eigenvalue weighted by Crippen LogP contribution is -2.21. The third-order valence-corrected chi connectivity index (χ3v) is 5.34. The summed E-state index contributed by atoms with van der Waals surface area (Å²) in [7, 11) is 5.04. The number of hydrogen-bond donors (Lipinski definition) is 0. The van der Waals surface area contributed by atoms with E-state index in [0.29, 0.717) is 34.3 Å². The largest absolute Gasteiger partial charge is 0.495 e. The van der Waals surface area contributed by atoms with E-state index in [1.54, 1.807) is 39.5 Å². The highest BCUT2D eigenvalue weighted by molar-refractivity contribution is 7.13. The molecule has 0 unspecified atom stereocenters. The van der Waals surface area contributed by atoms with Gasteiger partial charge in [-0.2, -0.15) is 0 Å². The average molecular weight is 421 g/mol. The summed E-state index contributed by atoms with van der Waals surface area (Å²) < 4.78 is 11.2. The summed E-state index contributed by atoms with van der Waals surface area (Å²) in [5.41, 5.74) is 3.27. The van der Waals surface area contributed by atoms with Crippen molar-refractivity contribution in [2.24, 2.45) is 0 Å². The summed E-state index contributed by atoms with van der Waals surface area (Å²) in [6, 6.07) is 9.07. The van der Waals surface area contributed by atoms with Gasteiger partial charge >= 0.3 is 0 Å². The molecule has 0 aliphatic heterocycles. The maximum absolute atomic E-state index is 12.1. The van der Waals surface area contributed by atoms with Crippen LogP contribution in [-0.2, 0) is 0 Å². The molecule has 1 amide bonds. The predicted octanol–water partition coefficient (Wildman–Crippen LogP) is 3.94. The minimum atomic E-state index is -0.0559. The molecule has 3 heterocycles. The summed E-state index contributed by atoms with van der Waals surface area (Å²) in [5.74, 6) is 1.28. The van der Waals surface area contributed by atoms with E-state index in [-0.39, 0.29) is 11.8 Å². The van der Waals surface area contributed by atoms with E-state index in [4.69, 9.17) is 9.15 Å². The lowest BCUT2D eigenvalue weighted by molar-refractivity contribution is 0.0827. The number of carbonyl (C=O) groups excluding carboxylic acids is 1. The Labute approximate surface area is 177 Å². The van der Waals surface area contributed by atoms with E-state index in [9.17, 15) is 4.79 Å². The first kappa shape index (κ1) is 19.7. The van der Waals surface area contributed by atoms with Gasteiger partial charge in [0, 0.05) is 25.2 Å². The van der Waals surface area contributed by atoms with Gasteiger partial charge < -0.3 is 14.1 Å². The number of rotatable bonds is 5. The number of carbonyl (C=O) groups is 1. The number of ether oxygens (including phenoxy) is 1. The fraction of sp³-hybridized carbons (Fsp3) is 0.190. The van der Waals surface area contributed by atoms with Crippen LogP contribution >= 0.6 is 11.3 Å². The van der Waals surface area contributed by atoms with Crippen molar-refractivity contribution in [1.29, 1.82) is 0 Å². The lowest BCUT2D eigenvalue weighted by Gasteiger charge is -2.10. The molecular weight excluding hydrogens is 402 g/mol. The molecule has 0 N–H and O–H groups in total. The molecule has 152 valence electrons. The Bertz CT molecular complexity index is 1200. The van der Waals surface area contributed by atoms with E-state index in [2.05, 4.69) is 20.2 Å². The van der Waals surface area contributed by atoms with Crippen LogP contribution in [0.1, 0.15) is 16.1 Å². The molecule has 0 saturated heterocycles. The van der Waals surface area contributed by atoms with Crippen molar-refractivity contribution in [2.75, 3.05) is 21.2 Å². The molecule has 4 rings (SSSR count). The third kappa shape index (κ3) is 3.67. The standard InChI is InChI=1S/C21H19N5O3S/c1-12-17(19-24-25-20(29-19)18-16(28-4)9-10-30-18)23-15(11-22-12)13-5-7-14(8-6-13)21(27)26(2)3/h5-11H,1-4H3. The van der Waals surface area contributed by atoms with Gasteiger partial charge in [-0.15, -0.1) is 21.5 Å². The number of aryl methyl sites for hydroxylation is 1. The molecule has 0 saturated carbocycles. The molecule has 0 radical (unpaired) electrons. The normalized spacial score (nSPS) is 10.8. The van der Waals surface area contributed by atoms with Gasteiger partial charge in [0.25, 0.3) is 17.7 Å². The number of benzene rings is 1. The Morgan fingerprint density at radius 1 is 1.10 bits per heavy atom. The number of aromatic nitrogens is 4. The van der Waals surface area contributed by atoms with Crippen LogP contribution in [0.25, 0.3) is 33.6 Å². The zero-order chi connectivity index (χ0) is 21.3. The van der Waals surface area contributed by atoms with Gasteiger partial charge in [0.05, 0.1) is 24.7 Å². The highest BCUT2D eigenvalue weighted by atomic mass is 32.1. The van der Waals surface area contributed by atoms with Crippen LogP contribution in [0.2, 0.25) is 0 Å². The smallest absolute Gasteiger partial charge is 0.268 e. The average Bonchev–Trinajstić information content (AvgIpc) is 3.42. The summed E-state index contributed by atoms with van der Waals surface area (Å²) in [4.78, 5) is 23.5. The monoisotopic (exact) mass is 421 g/mol. The number of amides is 1. The van der Waals surface area contributed by atoms with Crippen LogP contribution in [0.15, 0.2) is 46.3 Å². The van der Waals surface area contributed by atoms with Gasteiger partial charge in [0.15, 0.2) is 0 Å². The Morgan fingerprint density at radius 3 is 2.53 bits per heavy atom. The van der Waals surface area contributed by atoms with Crippen molar-refractivity contribution in [3.63, 3.8) is 0 Å². The summed E-state index contributed by atoms with van der Waals surface area (Å²) >= 11 is 1.46. The van der Waals surface area contributed by atoms with Gasteiger partial charge in [-0.25, -0.2) is 4.98 Å². The molecule has 3 aromatic heterocycles. The van der Waals surface area contributed by atoms with Crippen LogP contribution in [0.3, 0.4) is 0 Å². The van der Waals surface area contributed by atoms with Crippen molar-refractivity contribution >= 4 is 17.2 Å². The fourth-order valence-corrected chi connectivity index (χ4v) is 3.64. The Hall–Kier alpha value is -3.59. The van der Waals surface area contributed by atoms with Crippen molar-refractivity contribution < 1.29 is 13.9 Å². The summed E-state index contributed by atoms with van der Waals surface area (Å²) in [5, 5.41) is 10.2. The van der Waals surface area contributed by atoms with E-state index >= 15 is 0 Å². The molecule has 0 aliphatic rings. The highest BCUT2D eigenvalue weighted by Crippen LogP contribution is 2.35. The minimum absolute atomic E-state index is 0.0559. The summed E-state index contributed by atoms with van der Waals surface area (Å²) in [6.07, 6.45) is 1.68. The van der Waals surface area contributed by atoms with Gasteiger partial charge in [-0.1, -0.05) is 12.1 Å². The molecular formula is C21H19N5O3S. The number of hydrogen-bond acceptors (Lipinski definition) is 8. The van der Waals surface area contributed by atoms with E-state index in [1.807, 2.05) is 30.5 Å². The van der Waals surface area contributed by atoms with Crippen LogP contribution in [-0.4, -0.2) is 52.2 Å². The Morgan fingerprint density at radius 2 is 1.83 bits per heavy atom. The van der Waals surface area contributed by atoms with Gasteiger partial charge in [-0.05, 0) is 30.5 Å². The van der Waals surface area contributed by atoms with Crippen LogP contribution in [0.4, 0.5) is 0 Å². The minimum Gasteiger partial charge on any atom is -0.495 e. The molecule has 0 aliphatic carbocycles. The number of methoxy groups -OCH3 is 1. The molecule has 0 spiro atoms. The van der Waals surface area contributed by atoms with Crippen molar-refractivity contribution in [1.82, 2.24) is 25.1 Å². The van der Waals surface area contributed by atoms with E-state index in [1.165, 1.54) is 16.2 Å². The van der Waals surface area contributed by atoms with E-state index in [0.717, 1.165) is 10.4 Å². The second kappa shape index (κ2) is 8.03. The van der Waals surface area contributed by atoms with Crippen molar-refractivity contribution in [3.8, 4) is 39.4 Å². The second-order valence-electron chi connectivity index (χ2n) is 6.70. The Kier molecular flexibility index (Phi) is 5.28. The SMILES string of the molecule is COc1ccsc1-c1nnc(-c2nc(-c3ccc(C(=O)N(C)C)cc3)cnc2C)o1.